The van der Waals surface area contributed by atoms with Gasteiger partial charge in [0, 0.05) is 6.04 Å². The van der Waals surface area contributed by atoms with Gasteiger partial charge in [0.15, 0.2) is 17.7 Å². The fourth-order valence-corrected chi connectivity index (χ4v) is 1.70. The number of rotatable bonds is 5. The molecule has 4 heteroatoms. The number of ether oxygens (including phenoxy) is 1. The quantitative estimate of drug-likeness (QED) is 0.884. The largest absolute Gasteiger partial charge is 0.478 e. The van der Waals surface area contributed by atoms with Crippen LogP contribution in [0, 0.1) is 5.82 Å². The summed E-state index contributed by atoms with van der Waals surface area (Å²) in [4.78, 5) is 0. The van der Waals surface area contributed by atoms with Gasteiger partial charge in [-0.05, 0) is 30.7 Å². The van der Waals surface area contributed by atoms with Crippen molar-refractivity contribution in [2.75, 3.05) is 0 Å². The summed E-state index contributed by atoms with van der Waals surface area (Å²) >= 11 is 0. The molecule has 2 atom stereocenters. The normalized spacial score (nSPS) is 14.2. The molecule has 0 fully saturated rings. The smallest absolute Gasteiger partial charge is 0.171 e. The molecule has 2 aromatic rings. The average Bonchev–Trinajstić information content (AvgIpc) is 2.90. The molecule has 1 aromatic heterocycles. The molecule has 1 aromatic carbocycles. The van der Waals surface area contributed by atoms with Crippen LogP contribution in [-0.4, -0.2) is 6.04 Å². The summed E-state index contributed by atoms with van der Waals surface area (Å²) in [5.41, 5.74) is 6.00. The lowest BCUT2D eigenvalue weighted by Gasteiger charge is -2.22. The molecule has 0 bridgehead atoms. The number of benzene rings is 1. The summed E-state index contributed by atoms with van der Waals surface area (Å²) in [6.45, 7) is 1.95. The summed E-state index contributed by atoms with van der Waals surface area (Å²) in [6, 6.07) is 9.55. The molecule has 2 unspecified atom stereocenters. The Labute approximate surface area is 105 Å². The molecule has 0 saturated heterocycles. The summed E-state index contributed by atoms with van der Waals surface area (Å²) < 4.78 is 24.5. The van der Waals surface area contributed by atoms with E-state index < -0.39 is 11.9 Å². The summed E-state index contributed by atoms with van der Waals surface area (Å²) in [7, 11) is 0. The van der Waals surface area contributed by atoms with Crippen LogP contribution in [0.1, 0.15) is 25.2 Å². The van der Waals surface area contributed by atoms with Crippen LogP contribution >= 0.6 is 0 Å². The zero-order valence-electron chi connectivity index (χ0n) is 10.2. The van der Waals surface area contributed by atoms with Gasteiger partial charge in [-0.3, -0.25) is 0 Å². The van der Waals surface area contributed by atoms with E-state index in [9.17, 15) is 4.39 Å². The van der Waals surface area contributed by atoms with E-state index in [0.29, 0.717) is 12.2 Å². The van der Waals surface area contributed by atoms with Crippen LogP contribution in [0.4, 0.5) is 4.39 Å². The Bertz CT molecular complexity index is 484. The summed E-state index contributed by atoms with van der Waals surface area (Å²) in [5, 5.41) is 0. The highest BCUT2D eigenvalue weighted by Gasteiger charge is 2.24. The van der Waals surface area contributed by atoms with E-state index in [2.05, 4.69) is 0 Å². The Balaban J connectivity index is 2.24. The van der Waals surface area contributed by atoms with Gasteiger partial charge < -0.3 is 14.9 Å². The van der Waals surface area contributed by atoms with E-state index in [0.717, 1.165) is 0 Å². The monoisotopic (exact) mass is 249 g/mol. The van der Waals surface area contributed by atoms with Gasteiger partial charge in [0.25, 0.3) is 0 Å². The zero-order valence-corrected chi connectivity index (χ0v) is 10.2. The van der Waals surface area contributed by atoms with Crippen molar-refractivity contribution in [1.82, 2.24) is 0 Å². The van der Waals surface area contributed by atoms with E-state index in [1.165, 1.54) is 6.07 Å². The minimum Gasteiger partial charge on any atom is -0.478 e. The van der Waals surface area contributed by atoms with Crippen LogP contribution in [0.3, 0.4) is 0 Å². The Hall–Kier alpha value is -1.81. The first kappa shape index (κ1) is 12.6. The molecule has 0 amide bonds. The number of halogens is 1. The SMILES string of the molecule is CCC(N)C(Oc1ccccc1F)c1ccco1. The first-order valence-electron chi connectivity index (χ1n) is 5.92. The lowest BCUT2D eigenvalue weighted by Crippen LogP contribution is -2.31. The number of hydrogen-bond acceptors (Lipinski definition) is 3. The van der Waals surface area contributed by atoms with Gasteiger partial charge >= 0.3 is 0 Å². The molecule has 0 saturated carbocycles. The van der Waals surface area contributed by atoms with Crippen molar-refractivity contribution in [3.05, 3.63) is 54.2 Å². The minimum absolute atomic E-state index is 0.183. The van der Waals surface area contributed by atoms with Crippen LogP contribution in [0.15, 0.2) is 47.1 Å². The molecule has 1 heterocycles. The maximum Gasteiger partial charge on any atom is 0.171 e. The van der Waals surface area contributed by atoms with Crippen molar-refractivity contribution in [1.29, 1.82) is 0 Å². The van der Waals surface area contributed by atoms with Crippen molar-refractivity contribution in [2.24, 2.45) is 5.73 Å². The second-order valence-corrected chi connectivity index (χ2v) is 4.06. The lowest BCUT2D eigenvalue weighted by atomic mass is 10.1. The molecule has 0 aliphatic rings. The van der Waals surface area contributed by atoms with Gasteiger partial charge in [-0.15, -0.1) is 0 Å². The number of furan rings is 1. The number of nitrogens with two attached hydrogens (primary N) is 1. The molecule has 0 spiro atoms. The van der Waals surface area contributed by atoms with Crippen LogP contribution in [-0.2, 0) is 0 Å². The van der Waals surface area contributed by atoms with Gasteiger partial charge in [0.2, 0.25) is 0 Å². The number of hydrogen-bond donors (Lipinski definition) is 1. The molecule has 2 rings (SSSR count). The first-order valence-corrected chi connectivity index (χ1v) is 5.92. The zero-order chi connectivity index (χ0) is 13.0. The average molecular weight is 249 g/mol. The number of para-hydroxylation sites is 1. The fraction of sp³-hybridized carbons (Fsp3) is 0.286. The van der Waals surface area contributed by atoms with E-state index in [1.807, 2.05) is 6.92 Å². The van der Waals surface area contributed by atoms with Gasteiger partial charge in [-0.2, -0.15) is 0 Å². The van der Waals surface area contributed by atoms with Crippen LogP contribution in [0.2, 0.25) is 0 Å². The second-order valence-electron chi connectivity index (χ2n) is 4.06. The summed E-state index contributed by atoms with van der Waals surface area (Å²) in [6.07, 6.45) is 1.77. The van der Waals surface area contributed by atoms with Gasteiger partial charge in [0.05, 0.1) is 6.26 Å². The van der Waals surface area contributed by atoms with Crippen molar-refractivity contribution in [2.45, 2.75) is 25.5 Å². The highest BCUT2D eigenvalue weighted by atomic mass is 19.1. The third-order valence-electron chi connectivity index (χ3n) is 2.77. The molecular weight excluding hydrogens is 233 g/mol. The molecule has 3 nitrogen and oxygen atoms in total. The predicted octanol–water partition coefficient (Wildman–Crippen LogP) is 3.28. The molecule has 0 aliphatic carbocycles. The highest BCUT2D eigenvalue weighted by Crippen LogP contribution is 2.27. The molecule has 2 N–H and O–H groups in total. The Kier molecular flexibility index (Phi) is 3.99. The molecule has 18 heavy (non-hydrogen) atoms. The van der Waals surface area contributed by atoms with Gasteiger partial charge in [-0.1, -0.05) is 19.1 Å². The van der Waals surface area contributed by atoms with Crippen molar-refractivity contribution in [3.8, 4) is 5.75 Å². The maximum absolute atomic E-state index is 13.6. The Morgan fingerprint density at radius 1 is 1.28 bits per heavy atom. The standard InChI is InChI=1S/C14H16FNO2/c1-2-11(16)14(13-8-5-9-17-13)18-12-7-4-3-6-10(12)15/h3-9,11,14H,2,16H2,1H3. The van der Waals surface area contributed by atoms with Crippen LogP contribution in [0.25, 0.3) is 0 Å². The highest BCUT2D eigenvalue weighted by molar-refractivity contribution is 5.25. The third kappa shape index (κ3) is 2.71. The summed E-state index contributed by atoms with van der Waals surface area (Å²) in [5.74, 6) is 0.382. The predicted molar refractivity (Wildman–Crippen MR) is 66.7 cm³/mol. The molecule has 96 valence electrons. The third-order valence-corrected chi connectivity index (χ3v) is 2.77. The Morgan fingerprint density at radius 2 is 2.06 bits per heavy atom. The van der Waals surface area contributed by atoms with Gasteiger partial charge in [-0.25, -0.2) is 4.39 Å². The van der Waals surface area contributed by atoms with Crippen LogP contribution in [0.5, 0.6) is 5.75 Å². The van der Waals surface area contributed by atoms with Crippen molar-refractivity contribution in [3.63, 3.8) is 0 Å². The van der Waals surface area contributed by atoms with Gasteiger partial charge in [0.1, 0.15) is 5.76 Å². The molecular formula is C14H16FNO2. The topological polar surface area (TPSA) is 48.4 Å². The molecule has 0 aliphatic heterocycles. The maximum atomic E-state index is 13.6. The van der Waals surface area contributed by atoms with E-state index in [-0.39, 0.29) is 11.8 Å². The molecule has 0 radical (unpaired) electrons. The Morgan fingerprint density at radius 3 is 2.67 bits per heavy atom. The fourth-order valence-electron chi connectivity index (χ4n) is 1.70. The van der Waals surface area contributed by atoms with Crippen LogP contribution < -0.4 is 10.5 Å². The van der Waals surface area contributed by atoms with E-state index in [1.54, 1.807) is 36.6 Å². The lowest BCUT2D eigenvalue weighted by molar-refractivity contribution is 0.139. The van der Waals surface area contributed by atoms with E-state index in [4.69, 9.17) is 14.9 Å². The second kappa shape index (κ2) is 5.69. The van der Waals surface area contributed by atoms with Crippen molar-refractivity contribution >= 4 is 0 Å². The van der Waals surface area contributed by atoms with E-state index >= 15 is 0 Å². The van der Waals surface area contributed by atoms with Crippen molar-refractivity contribution < 1.29 is 13.5 Å². The minimum atomic E-state index is -0.484. The first-order chi connectivity index (χ1) is 8.72.